The second-order valence-electron chi connectivity index (χ2n) is 38.4. The minimum absolute atomic E-state index is 0. The zero-order chi connectivity index (χ0) is 93.6. The van der Waals surface area contributed by atoms with Gasteiger partial charge in [0.15, 0.2) is 29.8 Å². The molecule has 0 radical (unpaired) electrons. The normalized spacial score (nSPS) is 25.6. The van der Waals surface area contributed by atoms with Gasteiger partial charge in [0.05, 0.1) is 79.9 Å². The summed E-state index contributed by atoms with van der Waals surface area (Å²) in [5.74, 6) is 0.0261. The van der Waals surface area contributed by atoms with Crippen LogP contribution in [0.15, 0.2) is 91.0 Å². The van der Waals surface area contributed by atoms with Crippen LogP contribution in [0.1, 0.15) is 194 Å². The van der Waals surface area contributed by atoms with Gasteiger partial charge in [-0.05, 0) is 198 Å². The number of alkyl halides is 15. The summed E-state index contributed by atoms with van der Waals surface area (Å²) in [5, 5.41) is 63.5. The first-order chi connectivity index (χ1) is 57.1. The SMILES string of the molecule is C.CC(C)(C)[Si](C)(C)Cl.CC(C)(C)[Si](C)(C)OC1CC2CCC1N2c1ccc(N)c(C(F)(F)F)c1.CC(C)(C)[Si](C)(C)OC1CC2CCC1N2c1ccc([N+](=O)[O-])c(C(F)(F)F)c1.O=C1CC2CCC1N2c1ccc([N+](=O)[O-])c(C(F)(F)F)c1.O=[N+]([O-])c1ccc(N2C3CCC2C(O)C3)cc1C(F)(F)F.O=[N+]([O-])c1ccc(N2C3CCC2C(O)C3)cc1C(F)(F)F. The van der Waals surface area contributed by atoms with Crippen molar-refractivity contribution in [1.29, 1.82) is 0 Å². The van der Waals surface area contributed by atoms with Crippen molar-refractivity contribution in [2.45, 2.75) is 336 Å². The summed E-state index contributed by atoms with van der Waals surface area (Å²) in [4.78, 5) is 60.2. The molecular formula is C84H112ClF15N10O13Si3. The van der Waals surface area contributed by atoms with Crippen LogP contribution in [0, 0.1) is 40.5 Å². The van der Waals surface area contributed by atoms with Gasteiger partial charge in [-0.1, -0.05) is 82.8 Å². The summed E-state index contributed by atoms with van der Waals surface area (Å²) < 4.78 is 210. The number of anilines is 6. The smallest absolute Gasteiger partial charge is 0.412 e. The van der Waals surface area contributed by atoms with Gasteiger partial charge in [-0.2, -0.15) is 76.9 Å². The van der Waals surface area contributed by atoms with Crippen LogP contribution in [-0.4, -0.2) is 145 Å². The first-order valence-corrected chi connectivity index (χ1v) is 51.2. The van der Waals surface area contributed by atoms with E-state index in [0.717, 1.165) is 119 Å². The molecule has 10 aliphatic heterocycles. The fourth-order valence-corrected chi connectivity index (χ4v) is 20.9. The fourth-order valence-electron chi connectivity index (χ4n) is 18.1. The highest BCUT2D eigenvalue weighted by molar-refractivity contribution is 7.20. The van der Waals surface area contributed by atoms with Crippen LogP contribution in [-0.2, 0) is 44.5 Å². The molecule has 14 unspecified atom stereocenters. The molecule has 0 amide bonds. The summed E-state index contributed by atoms with van der Waals surface area (Å²) in [7, 11) is -5.30. The molecule has 10 aliphatic rings. The molecule has 10 bridgehead atoms. The lowest BCUT2D eigenvalue weighted by Gasteiger charge is -2.40. The summed E-state index contributed by atoms with van der Waals surface area (Å²) in [6.07, 6.45) is -13.3. The molecule has 0 spiro atoms. The van der Waals surface area contributed by atoms with E-state index in [1.807, 2.05) is 4.90 Å². The van der Waals surface area contributed by atoms with Crippen molar-refractivity contribution in [3.63, 3.8) is 0 Å². The molecule has 10 heterocycles. The monoisotopic (exact) mass is 1870 g/mol. The molecule has 0 aromatic heterocycles. The zero-order valence-electron chi connectivity index (χ0n) is 71.9. The minimum Gasteiger partial charge on any atom is -0.412 e. The van der Waals surface area contributed by atoms with E-state index in [9.17, 15) is 121 Å². The number of nitrogens with two attached hydrogens (primary N) is 1. The number of nitro groups is 4. The Hall–Kier alpha value is -8.10. The molecule has 4 N–H and O–H groups in total. The molecular weight excluding hydrogens is 1760 g/mol. The van der Waals surface area contributed by atoms with E-state index >= 15 is 0 Å². The maximum atomic E-state index is 13.4. The van der Waals surface area contributed by atoms with E-state index in [0.29, 0.717) is 42.1 Å². The highest BCUT2D eigenvalue weighted by atomic mass is 35.6. The number of aliphatic hydroxyl groups is 2. The number of halogens is 16. The van der Waals surface area contributed by atoms with E-state index in [2.05, 4.69) is 106 Å². The van der Waals surface area contributed by atoms with Gasteiger partial charge in [0.2, 0.25) is 0 Å². The third-order valence-corrected chi connectivity index (χ3v) is 41.6. The highest BCUT2D eigenvalue weighted by Crippen LogP contribution is 2.54. The Morgan fingerprint density at radius 3 is 0.849 bits per heavy atom. The number of fused-ring (bicyclic) bond motifs is 10. The van der Waals surface area contributed by atoms with Crippen molar-refractivity contribution in [1.82, 2.24) is 0 Å². The number of aliphatic hydroxyl groups excluding tert-OH is 2. The van der Waals surface area contributed by atoms with E-state index in [1.165, 1.54) is 36.4 Å². The molecule has 700 valence electrons. The number of hydrogen-bond donors (Lipinski definition) is 3. The van der Waals surface area contributed by atoms with Crippen molar-refractivity contribution in [2.24, 2.45) is 0 Å². The van der Waals surface area contributed by atoms with Gasteiger partial charge in [0.25, 0.3) is 22.7 Å². The van der Waals surface area contributed by atoms with Crippen LogP contribution < -0.4 is 30.2 Å². The Bertz CT molecular complexity index is 4700. The Morgan fingerprint density at radius 2 is 0.627 bits per heavy atom. The number of benzene rings is 5. The lowest BCUT2D eigenvalue weighted by molar-refractivity contribution is -0.388. The number of nitrogen functional groups attached to an aromatic ring is 1. The van der Waals surface area contributed by atoms with Gasteiger partial charge < -0.3 is 49.3 Å². The number of nitrogens with zero attached hydrogens (tertiary/aromatic N) is 9. The van der Waals surface area contributed by atoms with Gasteiger partial charge in [-0.3, -0.25) is 45.3 Å². The average molecular weight is 1870 g/mol. The largest absolute Gasteiger partial charge is 0.423 e. The van der Waals surface area contributed by atoms with Crippen molar-refractivity contribution >= 4 is 97.8 Å². The third-order valence-electron chi connectivity index (χ3n) is 27.3. The first-order valence-electron chi connectivity index (χ1n) is 41.4. The zero-order valence-corrected chi connectivity index (χ0v) is 75.6. The van der Waals surface area contributed by atoms with Crippen molar-refractivity contribution < 1.29 is 109 Å². The summed E-state index contributed by atoms with van der Waals surface area (Å²) in [6, 6.07) is 16.3. The first kappa shape index (κ1) is 102. The lowest BCUT2D eigenvalue weighted by Crippen LogP contribution is -2.47. The van der Waals surface area contributed by atoms with Gasteiger partial charge in [-0.15, -0.1) is 0 Å². The number of rotatable bonds is 13. The van der Waals surface area contributed by atoms with Crippen LogP contribution in [0.5, 0.6) is 0 Å². The van der Waals surface area contributed by atoms with E-state index in [4.69, 9.17) is 25.7 Å². The predicted octanol–water partition coefficient (Wildman–Crippen LogP) is 23.4. The van der Waals surface area contributed by atoms with Crippen LogP contribution >= 0.6 is 11.1 Å². The van der Waals surface area contributed by atoms with E-state index < -0.39 is 143 Å². The molecule has 126 heavy (non-hydrogen) atoms. The number of Topliss-reactive ketones (excluding diaryl/α,β-unsaturated/α-hetero) is 1. The molecule has 0 saturated carbocycles. The Balaban J connectivity index is 0.000000175. The Morgan fingerprint density at radius 1 is 0.381 bits per heavy atom. The molecule has 14 atom stereocenters. The average Bonchev–Trinajstić information content (AvgIpc) is 1.61. The Labute approximate surface area is 729 Å². The van der Waals surface area contributed by atoms with Gasteiger partial charge in [0.1, 0.15) is 22.3 Å². The highest BCUT2D eigenvalue weighted by Gasteiger charge is 2.56. The topological polar surface area (TPSA) is 291 Å². The van der Waals surface area contributed by atoms with Crippen LogP contribution in [0.3, 0.4) is 0 Å². The number of ketones is 1. The maximum absolute atomic E-state index is 13.4. The molecule has 10 saturated heterocycles. The van der Waals surface area contributed by atoms with Crippen molar-refractivity contribution in [3.8, 4) is 0 Å². The molecule has 0 aliphatic carbocycles. The number of carbonyl (C=O) groups is 1. The van der Waals surface area contributed by atoms with Crippen molar-refractivity contribution in [2.75, 3.05) is 30.2 Å². The van der Waals surface area contributed by atoms with E-state index in [-0.39, 0.29) is 113 Å². The number of hydrogen-bond acceptors (Lipinski definition) is 19. The molecule has 42 heteroatoms. The van der Waals surface area contributed by atoms with Crippen molar-refractivity contribution in [3.05, 3.63) is 159 Å². The molecule has 15 rings (SSSR count). The maximum Gasteiger partial charge on any atom is 0.423 e. The summed E-state index contributed by atoms with van der Waals surface area (Å²) in [5.41, 5.74) is -2.32. The van der Waals surface area contributed by atoms with Gasteiger partial charge >= 0.3 is 30.9 Å². The quantitative estimate of drug-likeness (QED) is 0.0246. The summed E-state index contributed by atoms with van der Waals surface area (Å²) >= 11 is 6.15. The van der Waals surface area contributed by atoms with Gasteiger partial charge in [0, 0.05) is 95.0 Å². The van der Waals surface area contributed by atoms with Gasteiger partial charge in [-0.25, -0.2) is 0 Å². The second kappa shape index (κ2) is 36.7. The number of carbonyl (C=O) groups excluding carboxylic acids is 1. The predicted molar refractivity (Wildman–Crippen MR) is 459 cm³/mol. The van der Waals surface area contributed by atoms with Crippen LogP contribution in [0.4, 0.5) is 123 Å². The standard InChI is InChI=1S/C19H27F3N2O3Si.C19H29F3N2OSi.2C13H13F3N2O3.C13H11F3N2O3.C6H15ClSi.CH4/c1-18(2,3)28(4,5)27-17-11-13-7-9-16(17)23(13)12-6-8-15(24(25)26)14(10-12)19(20,21)22;1-18(2,3)26(4,5)25-17-11-13-7-9-16(17)24(13)12-6-8-15(23)14(10-12)19(20,21)22;3*14-13(15,16)9-5-7(1-3-10(9)18(20)21)17-8-2-4-11(17)12(19)6-8;1-6(2,3)8(4,5)7;/h6,8,10,13,16-17H,7,9,11H2,1-5H3;6,8,10,13,16-17H,7,9,11,23H2,1-5H3;2*1,3,5,8,11-12,19H,2,4,6H2;1,3,5,8,11H,2,4,6H2;1-5H3;1H4. The molecule has 5 aromatic rings. The summed E-state index contributed by atoms with van der Waals surface area (Å²) in [6.45, 7) is 32.9. The second-order valence-corrected chi connectivity index (χ2v) is 55.2. The fraction of sp³-hybridized carbons (Fsp3) is 0.631. The molecule has 5 aromatic carbocycles. The molecule has 23 nitrogen and oxygen atoms in total. The third kappa shape index (κ3) is 21.8. The van der Waals surface area contributed by atoms with Crippen LogP contribution in [0.25, 0.3) is 0 Å². The van der Waals surface area contributed by atoms with Crippen LogP contribution in [0.2, 0.25) is 54.4 Å². The number of nitro benzene ring substituents is 4. The Kier molecular flexibility index (Phi) is 29.6. The lowest BCUT2D eigenvalue weighted by atomic mass is 9.98. The molecule has 10 fully saturated rings. The minimum atomic E-state index is -4.80. The van der Waals surface area contributed by atoms with E-state index in [1.54, 1.807) is 20.8 Å².